The van der Waals surface area contributed by atoms with E-state index in [-0.39, 0.29) is 13.2 Å². The van der Waals surface area contributed by atoms with Crippen LogP contribution >= 0.6 is 0 Å². The molecule has 0 aliphatic heterocycles. The fourth-order valence-electron chi connectivity index (χ4n) is 2.60. The molecule has 0 aromatic heterocycles. The van der Waals surface area contributed by atoms with Gasteiger partial charge in [0.2, 0.25) is 0 Å². The van der Waals surface area contributed by atoms with Crippen molar-refractivity contribution in [3.05, 3.63) is 0 Å². The van der Waals surface area contributed by atoms with Crippen molar-refractivity contribution in [3.8, 4) is 0 Å². The SMILES string of the molecule is CCOC(=O)O/N=C(\N)CCCCCCCCCCCC/C(N)=N\OC(=O)OCC. The number of amidine groups is 2. The minimum atomic E-state index is -0.833. The van der Waals surface area contributed by atoms with Crippen molar-refractivity contribution in [1.29, 1.82) is 0 Å². The Kier molecular flexibility index (Phi) is 18.1. The van der Waals surface area contributed by atoms with Crippen molar-refractivity contribution in [2.24, 2.45) is 21.8 Å². The minimum Gasteiger partial charge on any atom is -0.433 e. The molecule has 0 bridgehead atoms. The molecular weight excluding hydrogens is 392 g/mol. The van der Waals surface area contributed by atoms with Crippen LogP contribution in [0.25, 0.3) is 0 Å². The Morgan fingerprint density at radius 1 is 0.600 bits per heavy atom. The van der Waals surface area contributed by atoms with E-state index in [4.69, 9.17) is 11.5 Å². The molecule has 0 unspecified atom stereocenters. The van der Waals surface area contributed by atoms with Gasteiger partial charge in [-0.2, -0.15) is 0 Å². The van der Waals surface area contributed by atoms with Crippen molar-refractivity contribution in [2.75, 3.05) is 13.2 Å². The molecule has 10 nitrogen and oxygen atoms in total. The molecule has 30 heavy (non-hydrogen) atoms. The first-order valence-electron chi connectivity index (χ1n) is 10.8. The molecular formula is C20H38N4O6. The summed E-state index contributed by atoms with van der Waals surface area (Å²) in [6.07, 6.45) is 10.7. The molecule has 0 fully saturated rings. The third kappa shape index (κ3) is 18.8. The topological polar surface area (TPSA) is 148 Å². The lowest BCUT2D eigenvalue weighted by Crippen LogP contribution is -2.14. The van der Waals surface area contributed by atoms with Gasteiger partial charge in [-0.05, 0) is 26.7 Å². The van der Waals surface area contributed by atoms with Crippen LogP contribution < -0.4 is 11.5 Å². The van der Waals surface area contributed by atoms with E-state index in [9.17, 15) is 9.59 Å². The monoisotopic (exact) mass is 430 g/mol. The van der Waals surface area contributed by atoms with E-state index in [2.05, 4.69) is 29.5 Å². The standard InChI is InChI=1S/C20H38N4O6/c1-3-27-19(25)29-23-17(21)15-13-11-9-7-5-6-8-10-12-14-16-18(22)24-30-20(26)28-4-2/h3-16H2,1-2H3,(H2,21,23)(H2,22,24). The Labute approximate surface area is 179 Å². The average molecular weight is 431 g/mol. The fourth-order valence-corrected chi connectivity index (χ4v) is 2.60. The summed E-state index contributed by atoms with van der Waals surface area (Å²) >= 11 is 0. The van der Waals surface area contributed by atoms with Gasteiger partial charge in [0.05, 0.1) is 13.2 Å². The van der Waals surface area contributed by atoms with Crippen LogP contribution in [0.4, 0.5) is 9.59 Å². The number of rotatable bonds is 17. The van der Waals surface area contributed by atoms with E-state index in [0.717, 1.165) is 38.5 Å². The van der Waals surface area contributed by atoms with Crippen LogP contribution in [0.3, 0.4) is 0 Å². The fraction of sp³-hybridized carbons (Fsp3) is 0.800. The quantitative estimate of drug-likeness (QED) is 0.0852. The van der Waals surface area contributed by atoms with Crippen molar-refractivity contribution in [2.45, 2.75) is 90.9 Å². The van der Waals surface area contributed by atoms with E-state index in [1.807, 2.05) is 0 Å². The van der Waals surface area contributed by atoms with Gasteiger partial charge in [0, 0.05) is 12.8 Å². The predicted octanol–water partition coefficient (Wildman–Crippen LogP) is 4.56. The molecule has 0 amide bonds. The number of oxime groups is 2. The zero-order valence-corrected chi connectivity index (χ0v) is 18.4. The summed E-state index contributed by atoms with van der Waals surface area (Å²) in [4.78, 5) is 30.9. The summed E-state index contributed by atoms with van der Waals surface area (Å²) < 4.78 is 9.17. The van der Waals surface area contributed by atoms with Crippen molar-refractivity contribution in [1.82, 2.24) is 0 Å². The van der Waals surface area contributed by atoms with E-state index in [0.29, 0.717) is 24.5 Å². The molecule has 0 aliphatic rings. The van der Waals surface area contributed by atoms with Gasteiger partial charge in [-0.1, -0.05) is 61.7 Å². The number of hydrogen-bond acceptors (Lipinski definition) is 8. The maximum absolute atomic E-state index is 11.0. The van der Waals surface area contributed by atoms with Crippen molar-refractivity contribution >= 4 is 24.0 Å². The third-order valence-corrected chi connectivity index (χ3v) is 4.12. The van der Waals surface area contributed by atoms with Crippen LogP contribution in [0, 0.1) is 0 Å². The van der Waals surface area contributed by atoms with Gasteiger partial charge in [0.1, 0.15) is 11.7 Å². The Bertz CT molecular complexity index is 479. The van der Waals surface area contributed by atoms with Crippen LogP contribution in [-0.2, 0) is 19.1 Å². The van der Waals surface area contributed by atoms with E-state index in [1.54, 1.807) is 13.8 Å². The van der Waals surface area contributed by atoms with Gasteiger partial charge < -0.3 is 20.9 Å². The molecule has 0 atom stereocenters. The minimum absolute atomic E-state index is 0.242. The van der Waals surface area contributed by atoms with Gasteiger partial charge in [-0.15, -0.1) is 0 Å². The second-order valence-corrected chi connectivity index (χ2v) is 6.75. The van der Waals surface area contributed by atoms with Gasteiger partial charge in [0.15, 0.2) is 0 Å². The van der Waals surface area contributed by atoms with Crippen molar-refractivity contribution in [3.63, 3.8) is 0 Å². The zero-order valence-electron chi connectivity index (χ0n) is 18.4. The molecule has 4 N–H and O–H groups in total. The molecule has 0 saturated carbocycles. The second-order valence-electron chi connectivity index (χ2n) is 6.75. The van der Waals surface area contributed by atoms with Crippen LogP contribution in [0.15, 0.2) is 10.3 Å². The molecule has 0 aromatic carbocycles. The first-order chi connectivity index (χ1) is 14.5. The highest BCUT2D eigenvalue weighted by Crippen LogP contribution is 2.12. The highest BCUT2D eigenvalue weighted by molar-refractivity contribution is 5.80. The highest BCUT2D eigenvalue weighted by Gasteiger charge is 2.03. The Hall–Kier alpha value is -2.52. The van der Waals surface area contributed by atoms with Crippen LogP contribution in [0.2, 0.25) is 0 Å². The third-order valence-electron chi connectivity index (χ3n) is 4.12. The Morgan fingerprint density at radius 2 is 0.900 bits per heavy atom. The number of unbranched alkanes of at least 4 members (excludes halogenated alkanes) is 9. The maximum atomic E-state index is 11.0. The Balaban J connectivity index is 3.44. The number of carbonyl (C=O) groups is 2. The summed E-state index contributed by atoms with van der Waals surface area (Å²) in [6.45, 7) is 3.86. The first-order valence-corrected chi connectivity index (χ1v) is 10.8. The number of ether oxygens (including phenoxy) is 2. The van der Waals surface area contributed by atoms with Crippen molar-refractivity contribution < 1.29 is 28.7 Å². The average Bonchev–Trinajstić information content (AvgIpc) is 2.72. The van der Waals surface area contributed by atoms with Gasteiger partial charge in [-0.25, -0.2) is 9.59 Å². The van der Waals surface area contributed by atoms with Gasteiger partial charge in [0.25, 0.3) is 0 Å². The summed E-state index contributed by atoms with van der Waals surface area (Å²) in [6, 6.07) is 0. The lowest BCUT2D eigenvalue weighted by molar-refractivity contribution is 0.0601. The van der Waals surface area contributed by atoms with Crippen LogP contribution in [-0.4, -0.2) is 37.2 Å². The number of carbonyl (C=O) groups excluding carboxylic acids is 2. The zero-order chi connectivity index (χ0) is 22.5. The smallest absolute Gasteiger partial charge is 0.433 e. The summed E-state index contributed by atoms with van der Waals surface area (Å²) in [7, 11) is 0. The summed E-state index contributed by atoms with van der Waals surface area (Å²) in [5, 5.41) is 7.08. The molecule has 0 rings (SSSR count). The predicted molar refractivity (Wildman–Crippen MR) is 115 cm³/mol. The number of nitrogens with zero attached hydrogens (tertiary/aromatic N) is 2. The second kappa shape index (κ2) is 19.8. The van der Waals surface area contributed by atoms with Crippen LogP contribution in [0.1, 0.15) is 90.9 Å². The summed E-state index contributed by atoms with van der Waals surface area (Å²) in [5.41, 5.74) is 11.3. The normalized spacial score (nSPS) is 11.8. The van der Waals surface area contributed by atoms with E-state index in [1.165, 1.54) is 25.7 Å². The molecule has 0 aromatic rings. The number of hydrogen-bond donors (Lipinski definition) is 2. The summed E-state index contributed by atoms with van der Waals surface area (Å²) in [5.74, 6) is 0.613. The highest BCUT2D eigenvalue weighted by atomic mass is 16.8. The lowest BCUT2D eigenvalue weighted by atomic mass is 10.0. The lowest BCUT2D eigenvalue weighted by Gasteiger charge is -2.04. The molecule has 0 radical (unpaired) electrons. The molecule has 0 spiro atoms. The molecule has 0 saturated heterocycles. The van der Waals surface area contributed by atoms with Crippen LogP contribution in [0.5, 0.6) is 0 Å². The Morgan fingerprint density at radius 3 is 1.20 bits per heavy atom. The van der Waals surface area contributed by atoms with E-state index < -0.39 is 12.3 Å². The van der Waals surface area contributed by atoms with Gasteiger partial charge in [-0.3, -0.25) is 9.68 Å². The molecule has 10 heteroatoms. The van der Waals surface area contributed by atoms with Gasteiger partial charge >= 0.3 is 12.3 Å². The molecule has 0 heterocycles. The largest absolute Gasteiger partial charge is 0.535 e. The molecule has 0 aliphatic carbocycles. The van der Waals surface area contributed by atoms with E-state index >= 15 is 0 Å². The maximum Gasteiger partial charge on any atom is 0.535 e. The number of nitrogens with two attached hydrogens (primary N) is 2. The first kappa shape index (κ1) is 27.5. The molecule has 174 valence electrons.